The van der Waals surface area contributed by atoms with E-state index in [1.807, 2.05) is 0 Å². The zero-order chi connectivity index (χ0) is 5.11. The van der Waals surface area contributed by atoms with Crippen molar-refractivity contribution in [3.8, 4) is 0 Å². The SMILES string of the molecule is O=CC1=CC=[C-]C1.[Y]. The van der Waals surface area contributed by atoms with Crippen LogP contribution in [0.1, 0.15) is 6.42 Å². The van der Waals surface area contributed by atoms with Gasteiger partial charge in [-0.15, -0.1) is 5.57 Å². The molecule has 1 aliphatic carbocycles. The van der Waals surface area contributed by atoms with Crippen LogP contribution >= 0.6 is 0 Å². The molecule has 1 radical (unpaired) electrons. The second-order valence-corrected chi connectivity index (χ2v) is 1.41. The topological polar surface area (TPSA) is 17.1 Å². The minimum atomic E-state index is 0. The van der Waals surface area contributed by atoms with Crippen LogP contribution in [-0.2, 0) is 37.5 Å². The first kappa shape index (κ1) is 8.25. The van der Waals surface area contributed by atoms with Gasteiger partial charge in [0, 0.05) is 32.7 Å². The fourth-order valence-corrected chi connectivity index (χ4v) is 0.483. The van der Waals surface area contributed by atoms with Crippen LogP contribution in [0.3, 0.4) is 0 Å². The van der Waals surface area contributed by atoms with Crippen molar-refractivity contribution in [2.45, 2.75) is 6.42 Å². The molecular weight excluding hydrogens is 177 g/mol. The zero-order valence-corrected chi connectivity index (χ0v) is 7.26. The third-order valence-corrected chi connectivity index (χ3v) is 0.873. The van der Waals surface area contributed by atoms with Gasteiger partial charge in [0.15, 0.2) is 0 Å². The van der Waals surface area contributed by atoms with Crippen LogP contribution in [0, 0.1) is 6.08 Å². The van der Waals surface area contributed by atoms with Gasteiger partial charge in [0.25, 0.3) is 0 Å². The van der Waals surface area contributed by atoms with Crippen molar-refractivity contribution in [1.29, 1.82) is 0 Å². The summed E-state index contributed by atoms with van der Waals surface area (Å²) < 4.78 is 0. The van der Waals surface area contributed by atoms with Crippen LogP contribution in [-0.4, -0.2) is 6.29 Å². The molecule has 0 heterocycles. The molecule has 1 nitrogen and oxygen atoms in total. The van der Waals surface area contributed by atoms with Crippen LogP contribution in [0.2, 0.25) is 0 Å². The van der Waals surface area contributed by atoms with E-state index >= 15 is 0 Å². The van der Waals surface area contributed by atoms with E-state index < -0.39 is 0 Å². The summed E-state index contributed by atoms with van der Waals surface area (Å²) in [6.07, 6.45) is 7.97. The summed E-state index contributed by atoms with van der Waals surface area (Å²) in [6.45, 7) is 0. The third kappa shape index (κ3) is 2.02. The Morgan fingerprint density at radius 1 is 1.75 bits per heavy atom. The zero-order valence-electron chi connectivity index (χ0n) is 4.42. The molecule has 0 atom stereocenters. The number of rotatable bonds is 1. The van der Waals surface area contributed by atoms with Gasteiger partial charge in [-0.3, -0.25) is 6.08 Å². The molecule has 0 aromatic rings. The van der Waals surface area contributed by atoms with E-state index in [0.717, 1.165) is 11.9 Å². The van der Waals surface area contributed by atoms with Gasteiger partial charge >= 0.3 is 0 Å². The predicted molar refractivity (Wildman–Crippen MR) is 26.6 cm³/mol. The van der Waals surface area contributed by atoms with Crippen LogP contribution in [0.5, 0.6) is 0 Å². The molecule has 0 spiro atoms. The molecule has 0 fully saturated rings. The van der Waals surface area contributed by atoms with Gasteiger partial charge < -0.3 is 4.79 Å². The first-order valence-corrected chi connectivity index (χ1v) is 2.14. The molecule has 0 aromatic carbocycles. The fourth-order valence-electron chi connectivity index (χ4n) is 0.483. The smallest absolute Gasteiger partial charge is 0.127 e. The molecule has 0 aliphatic heterocycles. The van der Waals surface area contributed by atoms with Crippen molar-refractivity contribution in [3.05, 3.63) is 23.8 Å². The third-order valence-electron chi connectivity index (χ3n) is 0.873. The summed E-state index contributed by atoms with van der Waals surface area (Å²) in [5.74, 6) is 0. The van der Waals surface area contributed by atoms with Gasteiger partial charge in [-0.05, 0) is 0 Å². The molecule has 2 heteroatoms. The second kappa shape index (κ2) is 4.16. The quantitative estimate of drug-likeness (QED) is 0.434. The van der Waals surface area contributed by atoms with E-state index in [4.69, 9.17) is 0 Å². The Labute approximate surface area is 73.7 Å². The molecule has 1 aliphatic rings. The van der Waals surface area contributed by atoms with Crippen LogP contribution < -0.4 is 0 Å². The number of carbonyl (C=O) groups is 1. The average molecular weight is 182 g/mol. The number of carbonyl (C=O) groups excluding carboxylic acids is 1. The molecule has 0 N–H and O–H groups in total. The minimum absolute atomic E-state index is 0. The van der Waals surface area contributed by atoms with E-state index in [1.165, 1.54) is 0 Å². The molecule has 39 valence electrons. The normalized spacial score (nSPS) is 14.8. The molecule has 8 heavy (non-hydrogen) atoms. The van der Waals surface area contributed by atoms with E-state index in [9.17, 15) is 4.79 Å². The van der Waals surface area contributed by atoms with Gasteiger partial charge in [-0.1, -0.05) is 6.42 Å². The minimum Gasteiger partial charge on any atom is -0.300 e. The monoisotopic (exact) mass is 182 g/mol. The molecular formula is C6H5OY-. The standard InChI is InChI=1S/C6H5O.Y/c7-5-6-3-1-2-4-6;/h1,3,5H,4H2;/q-1;. The van der Waals surface area contributed by atoms with Crippen molar-refractivity contribution in [2.75, 3.05) is 0 Å². The summed E-state index contributed by atoms with van der Waals surface area (Å²) >= 11 is 0. The fraction of sp³-hybridized carbons (Fsp3) is 0.167. The van der Waals surface area contributed by atoms with Gasteiger partial charge in [-0.2, -0.15) is 0 Å². The first-order chi connectivity index (χ1) is 3.43. The number of allylic oxidation sites excluding steroid dienone is 4. The predicted octanol–water partition coefficient (Wildman–Crippen LogP) is 0.872. The number of aldehydes is 1. The van der Waals surface area contributed by atoms with Gasteiger partial charge in [0.1, 0.15) is 6.29 Å². The molecule has 1 rings (SSSR count). The Bertz CT molecular complexity index is 135. The Balaban J connectivity index is 0.000000490. The average Bonchev–Trinajstić information content (AvgIpc) is 2.14. The van der Waals surface area contributed by atoms with Crippen LogP contribution in [0.4, 0.5) is 0 Å². The van der Waals surface area contributed by atoms with Crippen molar-refractivity contribution in [2.24, 2.45) is 0 Å². The van der Waals surface area contributed by atoms with Crippen molar-refractivity contribution in [1.82, 2.24) is 0 Å². The van der Waals surface area contributed by atoms with Crippen molar-refractivity contribution in [3.63, 3.8) is 0 Å². The Hall–Kier alpha value is 0.254. The summed E-state index contributed by atoms with van der Waals surface area (Å²) in [7, 11) is 0. The van der Waals surface area contributed by atoms with E-state index in [-0.39, 0.29) is 32.7 Å². The Kier molecular flexibility index (Phi) is 4.30. The maximum atomic E-state index is 9.88. The molecule has 0 saturated heterocycles. The van der Waals surface area contributed by atoms with Crippen LogP contribution in [0.25, 0.3) is 0 Å². The van der Waals surface area contributed by atoms with Crippen LogP contribution in [0.15, 0.2) is 17.7 Å². The van der Waals surface area contributed by atoms with Gasteiger partial charge in [0.2, 0.25) is 0 Å². The summed E-state index contributed by atoms with van der Waals surface area (Å²) in [4.78, 5) is 9.88. The van der Waals surface area contributed by atoms with Crippen molar-refractivity contribution >= 4 is 6.29 Å². The largest absolute Gasteiger partial charge is 0.300 e. The first-order valence-electron chi connectivity index (χ1n) is 2.14. The molecule has 0 amide bonds. The summed E-state index contributed by atoms with van der Waals surface area (Å²) in [5.41, 5.74) is 0.819. The Morgan fingerprint density at radius 3 is 2.75 bits per heavy atom. The second-order valence-electron chi connectivity index (χ2n) is 1.41. The van der Waals surface area contributed by atoms with Gasteiger partial charge in [-0.25, -0.2) is 12.2 Å². The van der Waals surface area contributed by atoms with E-state index in [0.29, 0.717) is 6.42 Å². The van der Waals surface area contributed by atoms with E-state index in [1.54, 1.807) is 12.2 Å². The number of hydrogen-bond acceptors (Lipinski definition) is 1. The molecule has 0 aromatic heterocycles. The maximum Gasteiger partial charge on any atom is 0.127 e. The molecule has 0 bridgehead atoms. The maximum absolute atomic E-state index is 9.88. The molecule has 0 unspecified atom stereocenters. The van der Waals surface area contributed by atoms with E-state index in [2.05, 4.69) is 6.08 Å². The van der Waals surface area contributed by atoms with Gasteiger partial charge in [0.05, 0.1) is 0 Å². The summed E-state index contributed by atoms with van der Waals surface area (Å²) in [6, 6.07) is 0. The summed E-state index contributed by atoms with van der Waals surface area (Å²) in [5, 5.41) is 0. The number of hydrogen-bond donors (Lipinski definition) is 0. The Morgan fingerprint density at radius 2 is 2.50 bits per heavy atom. The van der Waals surface area contributed by atoms with Crippen molar-refractivity contribution < 1.29 is 37.5 Å². The molecule has 0 saturated carbocycles.